The zero-order valence-electron chi connectivity index (χ0n) is 15.5. The molecule has 1 heterocycles. The zero-order chi connectivity index (χ0) is 18.2. The van der Waals surface area contributed by atoms with Crippen molar-refractivity contribution in [3.63, 3.8) is 0 Å². The van der Waals surface area contributed by atoms with E-state index >= 15 is 0 Å². The third-order valence-corrected chi connectivity index (χ3v) is 5.74. The fourth-order valence-electron chi connectivity index (χ4n) is 4.76. The number of carbonyl (C=O) groups is 3. The molecule has 138 valence electrons. The maximum absolute atomic E-state index is 12.4. The molecule has 3 rings (SSSR count). The van der Waals surface area contributed by atoms with Gasteiger partial charge in [-0.15, -0.1) is 0 Å². The number of likely N-dealkylation sites (tertiary alicyclic amines) is 1. The first-order chi connectivity index (χ1) is 11.8. The van der Waals surface area contributed by atoms with Gasteiger partial charge in [0.25, 0.3) is 0 Å². The Morgan fingerprint density at radius 3 is 2.36 bits per heavy atom. The molecule has 0 aromatic heterocycles. The minimum absolute atomic E-state index is 0.0841. The first kappa shape index (κ1) is 18.2. The van der Waals surface area contributed by atoms with E-state index in [1.54, 1.807) is 0 Å². The number of allylic oxidation sites excluding steroid dienone is 1. The molecular formula is C20H29NO4. The Labute approximate surface area is 149 Å². The molecule has 3 aliphatic rings. The highest BCUT2D eigenvalue weighted by Crippen LogP contribution is 2.38. The second kappa shape index (κ2) is 6.93. The molecule has 0 radical (unpaired) electrons. The van der Waals surface area contributed by atoms with Crippen LogP contribution in [0.4, 0.5) is 0 Å². The van der Waals surface area contributed by atoms with Gasteiger partial charge in [-0.25, -0.2) is 0 Å². The van der Waals surface area contributed by atoms with Gasteiger partial charge in [-0.1, -0.05) is 32.3 Å². The minimum Gasteiger partial charge on any atom is -0.458 e. The lowest BCUT2D eigenvalue weighted by Crippen LogP contribution is -2.34. The summed E-state index contributed by atoms with van der Waals surface area (Å²) in [5.74, 6) is -0.805. The van der Waals surface area contributed by atoms with Crippen molar-refractivity contribution in [1.29, 1.82) is 0 Å². The third kappa shape index (κ3) is 3.96. The van der Waals surface area contributed by atoms with E-state index in [1.807, 2.05) is 6.08 Å². The number of nitrogens with zero attached hydrogens (tertiary/aromatic N) is 1. The van der Waals surface area contributed by atoms with Crippen LogP contribution in [0.15, 0.2) is 11.6 Å². The smallest absolute Gasteiger partial charge is 0.308 e. The van der Waals surface area contributed by atoms with Crippen LogP contribution in [-0.2, 0) is 19.1 Å². The second-order valence-electron chi connectivity index (χ2n) is 8.66. The van der Waals surface area contributed by atoms with E-state index < -0.39 is 0 Å². The van der Waals surface area contributed by atoms with Crippen molar-refractivity contribution < 1.29 is 19.1 Å². The SMILES string of the molecule is CC1=C[C@@H](OC(=O)CCN2C(=O)[C@H]3CCCC[C@H]3C2=O)CC(C)(C)C1. The predicted octanol–water partition coefficient (Wildman–Crippen LogP) is 3.23. The molecule has 1 saturated heterocycles. The van der Waals surface area contributed by atoms with Gasteiger partial charge >= 0.3 is 5.97 Å². The highest BCUT2D eigenvalue weighted by Gasteiger charge is 2.47. The quantitative estimate of drug-likeness (QED) is 0.445. The van der Waals surface area contributed by atoms with Crippen molar-refractivity contribution in [2.45, 2.75) is 71.8 Å². The van der Waals surface area contributed by atoms with E-state index in [-0.39, 0.29) is 54.1 Å². The average Bonchev–Trinajstić information content (AvgIpc) is 2.75. The number of imide groups is 1. The Morgan fingerprint density at radius 2 is 1.80 bits per heavy atom. The maximum Gasteiger partial charge on any atom is 0.308 e. The van der Waals surface area contributed by atoms with Gasteiger partial charge < -0.3 is 4.74 Å². The topological polar surface area (TPSA) is 63.7 Å². The van der Waals surface area contributed by atoms with Crippen LogP contribution in [-0.4, -0.2) is 35.3 Å². The third-order valence-electron chi connectivity index (χ3n) is 5.74. The van der Waals surface area contributed by atoms with Crippen molar-refractivity contribution in [3.05, 3.63) is 11.6 Å². The lowest BCUT2D eigenvalue weighted by molar-refractivity contribution is -0.149. The molecule has 2 aliphatic carbocycles. The standard InChI is InChI=1S/C20H29NO4/c1-13-10-14(12-20(2,3)11-13)25-17(22)8-9-21-18(23)15-6-4-5-7-16(15)19(21)24/h10,14-16H,4-9,11-12H2,1-3H3/t14-,15-,16+/m1/s1. The van der Waals surface area contributed by atoms with Crippen LogP contribution in [0.5, 0.6) is 0 Å². The molecule has 5 heteroatoms. The normalized spacial score (nSPS) is 31.6. The van der Waals surface area contributed by atoms with E-state index in [9.17, 15) is 14.4 Å². The Balaban J connectivity index is 1.53. The lowest BCUT2D eigenvalue weighted by atomic mass is 9.76. The minimum atomic E-state index is -0.331. The molecular weight excluding hydrogens is 318 g/mol. The molecule has 5 nitrogen and oxygen atoms in total. The fraction of sp³-hybridized carbons (Fsp3) is 0.750. The highest BCUT2D eigenvalue weighted by atomic mass is 16.5. The van der Waals surface area contributed by atoms with Crippen LogP contribution in [0.3, 0.4) is 0 Å². The number of hydrogen-bond acceptors (Lipinski definition) is 4. The molecule has 0 N–H and O–H groups in total. The molecule has 1 saturated carbocycles. The van der Waals surface area contributed by atoms with Gasteiger partial charge in [0.1, 0.15) is 6.10 Å². The van der Waals surface area contributed by atoms with Crippen LogP contribution < -0.4 is 0 Å². The van der Waals surface area contributed by atoms with Gasteiger partial charge in [0, 0.05) is 6.54 Å². The Hall–Kier alpha value is -1.65. The maximum atomic E-state index is 12.4. The molecule has 2 amide bonds. The monoisotopic (exact) mass is 347 g/mol. The first-order valence-corrected chi connectivity index (χ1v) is 9.49. The van der Waals surface area contributed by atoms with Crippen LogP contribution in [0, 0.1) is 17.3 Å². The van der Waals surface area contributed by atoms with Crippen molar-refractivity contribution in [3.8, 4) is 0 Å². The van der Waals surface area contributed by atoms with Gasteiger partial charge in [0.05, 0.1) is 18.3 Å². The Bertz CT molecular complexity index is 583. The largest absolute Gasteiger partial charge is 0.458 e. The molecule has 0 bridgehead atoms. The summed E-state index contributed by atoms with van der Waals surface area (Å²) >= 11 is 0. The van der Waals surface area contributed by atoms with Crippen LogP contribution in [0.25, 0.3) is 0 Å². The summed E-state index contributed by atoms with van der Waals surface area (Å²) in [6.45, 7) is 6.56. The molecule has 0 aromatic carbocycles. The van der Waals surface area contributed by atoms with Crippen molar-refractivity contribution in [2.24, 2.45) is 17.3 Å². The molecule has 1 aliphatic heterocycles. The van der Waals surface area contributed by atoms with Gasteiger partial charge in [-0.05, 0) is 44.1 Å². The van der Waals surface area contributed by atoms with Gasteiger partial charge in [-0.2, -0.15) is 0 Å². The number of fused-ring (bicyclic) bond motifs is 1. The highest BCUT2D eigenvalue weighted by molar-refractivity contribution is 6.05. The number of rotatable bonds is 4. The zero-order valence-corrected chi connectivity index (χ0v) is 15.5. The fourth-order valence-corrected chi connectivity index (χ4v) is 4.76. The summed E-state index contributed by atoms with van der Waals surface area (Å²) in [4.78, 5) is 38.4. The predicted molar refractivity (Wildman–Crippen MR) is 93.4 cm³/mol. The van der Waals surface area contributed by atoms with Crippen molar-refractivity contribution in [2.75, 3.05) is 6.54 Å². The summed E-state index contributed by atoms with van der Waals surface area (Å²) in [5.41, 5.74) is 1.36. The number of amides is 2. The van der Waals surface area contributed by atoms with Crippen LogP contribution in [0.2, 0.25) is 0 Å². The van der Waals surface area contributed by atoms with Crippen molar-refractivity contribution >= 4 is 17.8 Å². The van der Waals surface area contributed by atoms with Gasteiger partial charge in [-0.3, -0.25) is 19.3 Å². The van der Waals surface area contributed by atoms with Crippen LogP contribution in [0.1, 0.15) is 65.7 Å². The summed E-state index contributed by atoms with van der Waals surface area (Å²) in [7, 11) is 0. The van der Waals surface area contributed by atoms with Crippen LogP contribution >= 0.6 is 0 Å². The summed E-state index contributed by atoms with van der Waals surface area (Å²) in [5, 5.41) is 0. The molecule has 0 unspecified atom stereocenters. The summed E-state index contributed by atoms with van der Waals surface area (Å²) < 4.78 is 5.58. The Kier molecular flexibility index (Phi) is 5.03. The van der Waals surface area contributed by atoms with E-state index in [1.165, 1.54) is 10.5 Å². The average molecular weight is 347 g/mol. The number of hydrogen-bond donors (Lipinski definition) is 0. The van der Waals surface area contributed by atoms with E-state index in [0.29, 0.717) is 0 Å². The van der Waals surface area contributed by atoms with Crippen molar-refractivity contribution in [1.82, 2.24) is 4.90 Å². The number of ether oxygens (including phenoxy) is 1. The molecule has 25 heavy (non-hydrogen) atoms. The second-order valence-corrected chi connectivity index (χ2v) is 8.66. The molecule has 0 aromatic rings. The van der Waals surface area contributed by atoms with E-state index in [2.05, 4.69) is 20.8 Å². The molecule has 2 fully saturated rings. The summed E-state index contributed by atoms with van der Waals surface area (Å²) in [6.07, 6.45) is 7.35. The van der Waals surface area contributed by atoms with E-state index in [0.717, 1.165) is 38.5 Å². The van der Waals surface area contributed by atoms with E-state index in [4.69, 9.17) is 4.74 Å². The first-order valence-electron chi connectivity index (χ1n) is 9.49. The summed E-state index contributed by atoms with van der Waals surface area (Å²) in [6, 6.07) is 0. The number of carbonyl (C=O) groups excluding carboxylic acids is 3. The lowest BCUT2D eigenvalue weighted by Gasteiger charge is -2.33. The molecule has 3 atom stereocenters. The van der Waals surface area contributed by atoms with Gasteiger partial charge in [0.2, 0.25) is 11.8 Å². The Morgan fingerprint density at radius 1 is 1.20 bits per heavy atom. The van der Waals surface area contributed by atoms with Gasteiger partial charge in [0.15, 0.2) is 0 Å². The number of esters is 1. The molecule has 0 spiro atoms.